The highest BCUT2D eigenvalue weighted by Gasteiger charge is 2.42. The molecule has 1 aliphatic heterocycles. The fourth-order valence-electron chi connectivity index (χ4n) is 9.19. The van der Waals surface area contributed by atoms with Crippen molar-refractivity contribution in [2.24, 2.45) is 0 Å². The second-order valence-electron chi connectivity index (χ2n) is 14.7. The van der Waals surface area contributed by atoms with Crippen molar-refractivity contribution >= 4 is 44.3 Å². The van der Waals surface area contributed by atoms with Crippen LogP contribution in [-0.2, 0) is 5.41 Å². The van der Waals surface area contributed by atoms with Crippen molar-refractivity contribution in [3.8, 4) is 39.9 Å². The molecule has 1 aliphatic carbocycles. The molecule has 0 N–H and O–H groups in total. The van der Waals surface area contributed by atoms with E-state index < -0.39 is 0 Å². The van der Waals surface area contributed by atoms with Gasteiger partial charge in [0, 0.05) is 48.4 Å². The molecule has 3 heterocycles. The maximum atomic E-state index is 5.28. The van der Waals surface area contributed by atoms with Crippen LogP contribution in [0.4, 0.5) is 0 Å². The summed E-state index contributed by atoms with van der Waals surface area (Å²) in [7, 11) is 0. The molecule has 1 spiro atoms. The van der Waals surface area contributed by atoms with Crippen LogP contribution in [0.15, 0.2) is 168 Å². The Hall–Kier alpha value is -6.04. The third kappa shape index (κ3) is 4.95. The van der Waals surface area contributed by atoms with E-state index >= 15 is 0 Å². The van der Waals surface area contributed by atoms with Crippen molar-refractivity contribution in [3.63, 3.8) is 0 Å². The van der Waals surface area contributed by atoms with Crippen LogP contribution in [0.1, 0.15) is 43.2 Å². The van der Waals surface area contributed by atoms with Crippen LogP contribution in [0.2, 0.25) is 0 Å². The van der Waals surface area contributed by atoms with Crippen LogP contribution in [0, 0.1) is 0 Å². The van der Waals surface area contributed by atoms with E-state index in [1.807, 2.05) is 30.0 Å². The predicted molar refractivity (Wildman–Crippen MR) is 222 cm³/mol. The van der Waals surface area contributed by atoms with Gasteiger partial charge in [-0.1, -0.05) is 146 Å². The van der Waals surface area contributed by atoms with Gasteiger partial charge in [0.25, 0.3) is 0 Å². The van der Waals surface area contributed by atoms with Gasteiger partial charge in [0.1, 0.15) is 0 Å². The number of nitrogens with zero attached hydrogens (tertiary/aromatic N) is 4. The number of hydrogen-bond donors (Lipinski definition) is 0. The zero-order chi connectivity index (χ0) is 35.6. The van der Waals surface area contributed by atoms with Crippen LogP contribution in [0.25, 0.3) is 72.4 Å². The van der Waals surface area contributed by atoms with Gasteiger partial charge in [-0.25, -0.2) is 15.0 Å². The van der Waals surface area contributed by atoms with Gasteiger partial charge < -0.3 is 4.57 Å². The summed E-state index contributed by atoms with van der Waals surface area (Å²) in [6, 6.07) is 56.8. The van der Waals surface area contributed by atoms with Crippen LogP contribution in [-0.4, -0.2) is 19.5 Å². The summed E-state index contributed by atoms with van der Waals surface area (Å²) in [6.45, 7) is 0. The molecule has 4 nitrogen and oxygen atoms in total. The predicted octanol–water partition coefficient (Wildman–Crippen LogP) is 12.8. The first-order valence-corrected chi connectivity index (χ1v) is 19.8. The molecule has 0 saturated heterocycles. The minimum atomic E-state index is 0.0194. The van der Waals surface area contributed by atoms with Gasteiger partial charge in [0.2, 0.25) is 0 Å². The fraction of sp³-hybridized carbons (Fsp3) is 0.122. The molecule has 0 atom stereocenters. The lowest BCUT2D eigenvalue weighted by Gasteiger charge is -2.43. The lowest BCUT2D eigenvalue weighted by atomic mass is 9.65. The summed E-state index contributed by atoms with van der Waals surface area (Å²) in [4.78, 5) is 18.3. The Balaban J connectivity index is 1.09. The Morgan fingerprint density at radius 2 is 1.13 bits per heavy atom. The molecular formula is C49H36N4S. The SMILES string of the molecule is c1ccc(-c2nc(-c3cccc(-n4c5ccccc5c5c6ccccc6ccc54)c3)nc(-c3ccc4c(c3)C3(CCCCC3)c3ccccc3S4)n2)cc1. The molecule has 0 radical (unpaired) electrons. The topological polar surface area (TPSA) is 43.6 Å². The van der Waals surface area contributed by atoms with Crippen LogP contribution < -0.4 is 0 Å². The van der Waals surface area contributed by atoms with E-state index in [2.05, 4.69) is 144 Å². The summed E-state index contributed by atoms with van der Waals surface area (Å²) in [5.74, 6) is 2.04. The zero-order valence-corrected chi connectivity index (χ0v) is 30.6. The Morgan fingerprint density at radius 3 is 1.98 bits per heavy atom. The van der Waals surface area contributed by atoms with Crippen LogP contribution in [0.3, 0.4) is 0 Å². The summed E-state index contributed by atoms with van der Waals surface area (Å²) < 4.78 is 2.38. The van der Waals surface area contributed by atoms with E-state index in [0.717, 1.165) is 22.4 Å². The molecule has 2 aromatic heterocycles. The highest BCUT2D eigenvalue weighted by atomic mass is 32.2. The van der Waals surface area contributed by atoms with E-state index in [1.54, 1.807) is 0 Å². The maximum Gasteiger partial charge on any atom is 0.164 e. The number of benzene rings is 7. The van der Waals surface area contributed by atoms with E-state index in [-0.39, 0.29) is 5.41 Å². The largest absolute Gasteiger partial charge is 0.309 e. The molecule has 5 heteroatoms. The number of aromatic nitrogens is 4. The van der Waals surface area contributed by atoms with E-state index in [1.165, 1.54) is 85.6 Å². The number of para-hydroxylation sites is 1. The minimum Gasteiger partial charge on any atom is -0.309 e. The average Bonchev–Trinajstić information content (AvgIpc) is 3.59. The molecule has 7 aromatic carbocycles. The molecule has 11 rings (SSSR count). The summed E-state index contributed by atoms with van der Waals surface area (Å²) in [6.07, 6.45) is 6.13. The first-order chi connectivity index (χ1) is 26.7. The Kier molecular flexibility index (Phi) is 7.31. The summed E-state index contributed by atoms with van der Waals surface area (Å²) >= 11 is 1.90. The van der Waals surface area contributed by atoms with Gasteiger partial charge in [0.15, 0.2) is 17.5 Å². The molecule has 2 aliphatic rings. The second kappa shape index (κ2) is 12.5. The minimum absolute atomic E-state index is 0.0194. The standard InChI is InChI=1S/C49H36N4S/c1-3-15-33(16-4-1)46-50-47(52-48(51-46)35-25-27-44-40(31-35)49(28-11-2-12-29-49)39-21-8-10-23-43(39)54-44)34-17-13-18-36(30-34)53-41-22-9-7-20-38(41)45-37-19-6-5-14-32(37)24-26-42(45)53/h1,3-10,13-27,30-31H,2,11-12,28-29H2. The normalized spacial score (nSPS) is 14.7. The van der Waals surface area contributed by atoms with Crippen molar-refractivity contribution in [2.75, 3.05) is 0 Å². The molecule has 54 heavy (non-hydrogen) atoms. The van der Waals surface area contributed by atoms with E-state index in [9.17, 15) is 0 Å². The molecular weight excluding hydrogens is 677 g/mol. The van der Waals surface area contributed by atoms with E-state index in [4.69, 9.17) is 15.0 Å². The average molecular weight is 713 g/mol. The third-order valence-electron chi connectivity index (χ3n) is 11.7. The zero-order valence-electron chi connectivity index (χ0n) is 29.7. The van der Waals surface area contributed by atoms with Crippen LogP contribution in [0.5, 0.6) is 0 Å². The van der Waals surface area contributed by atoms with Crippen molar-refractivity contribution in [3.05, 3.63) is 169 Å². The maximum absolute atomic E-state index is 5.28. The lowest BCUT2D eigenvalue weighted by molar-refractivity contribution is 0.335. The highest BCUT2D eigenvalue weighted by molar-refractivity contribution is 7.99. The summed E-state index contributed by atoms with van der Waals surface area (Å²) in [5, 5.41) is 5.02. The monoisotopic (exact) mass is 712 g/mol. The van der Waals surface area contributed by atoms with Gasteiger partial charge in [-0.15, -0.1) is 0 Å². The molecule has 1 fully saturated rings. The molecule has 1 saturated carbocycles. The first kappa shape index (κ1) is 31.5. The third-order valence-corrected chi connectivity index (χ3v) is 12.8. The molecule has 0 bridgehead atoms. The number of hydrogen-bond acceptors (Lipinski definition) is 4. The Bertz CT molecular complexity index is 2900. The van der Waals surface area contributed by atoms with Crippen LogP contribution >= 0.6 is 11.8 Å². The number of rotatable bonds is 4. The van der Waals surface area contributed by atoms with Gasteiger partial charge in [0.05, 0.1) is 11.0 Å². The van der Waals surface area contributed by atoms with Crippen molar-refractivity contribution in [2.45, 2.75) is 47.3 Å². The fourth-order valence-corrected chi connectivity index (χ4v) is 10.4. The second-order valence-corrected chi connectivity index (χ2v) is 15.8. The lowest BCUT2D eigenvalue weighted by Crippen LogP contribution is -2.33. The van der Waals surface area contributed by atoms with Crippen molar-refractivity contribution in [1.82, 2.24) is 19.5 Å². The molecule has 258 valence electrons. The van der Waals surface area contributed by atoms with Gasteiger partial charge in [-0.05, 0) is 77.2 Å². The number of fused-ring (bicyclic) bond motifs is 9. The Morgan fingerprint density at radius 1 is 0.463 bits per heavy atom. The molecule has 0 unspecified atom stereocenters. The smallest absolute Gasteiger partial charge is 0.164 e. The van der Waals surface area contributed by atoms with Gasteiger partial charge >= 0.3 is 0 Å². The molecule has 9 aromatic rings. The van der Waals surface area contributed by atoms with Crippen molar-refractivity contribution in [1.29, 1.82) is 0 Å². The summed E-state index contributed by atoms with van der Waals surface area (Å²) in [5.41, 5.74) is 9.30. The quantitative estimate of drug-likeness (QED) is 0.182. The van der Waals surface area contributed by atoms with E-state index in [0.29, 0.717) is 17.5 Å². The molecule has 0 amide bonds. The Labute approximate surface area is 318 Å². The van der Waals surface area contributed by atoms with Crippen molar-refractivity contribution < 1.29 is 0 Å². The van der Waals surface area contributed by atoms with Gasteiger partial charge in [-0.3, -0.25) is 0 Å². The highest BCUT2D eigenvalue weighted by Crippen LogP contribution is 2.56. The van der Waals surface area contributed by atoms with Gasteiger partial charge in [-0.2, -0.15) is 0 Å². The first-order valence-electron chi connectivity index (χ1n) is 19.0.